The standard InChI is InChI=1S/C15H10I2O/c16-11-5-3-9-1-2-10-4-6-12(17)8-14(10)15(18)13(9)7-11/h1-8,15,18H. The highest BCUT2D eigenvalue weighted by Crippen LogP contribution is 2.34. The van der Waals surface area contributed by atoms with Crippen molar-refractivity contribution in [3.63, 3.8) is 0 Å². The second-order valence-electron chi connectivity index (χ2n) is 4.28. The van der Waals surface area contributed by atoms with Gasteiger partial charge in [-0.15, -0.1) is 0 Å². The molecule has 1 aliphatic carbocycles. The summed E-state index contributed by atoms with van der Waals surface area (Å²) in [5, 5.41) is 10.6. The zero-order valence-corrected chi connectivity index (χ0v) is 13.7. The number of aliphatic hydroxyl groups is 1. The minimum atomic E-state index is -0.547. The summed E-state index contributed by atoms with van der Waals surface area (Å²) in [6, 6.07) is 12.4. The van der Waals surface area contributed by atoms with Crippen molar-refractivity contribution in [1.29, 1.82) is 0 Å². The van der Waals surface area contributed by atoms with Crippen LogP contribution in [-0.4, -0.2) is 5.11 Å². The van der Waals surface area contributed by atoms with Gasteiger partial charge in [-0.05, 0) is 91.7 Å². The zero-order chi connectivity index (χ0) is 12.7. The molecule has 0 unspecified atom stereocenters. The number of hydrogen-bond acceptors (Lipinski definition) is 1. The fraction of sp³-hybridized carbons (Fsp3) is 0.0667. The van der Waals surface area contributed by atoms with Crippen LogP contribution in [0.1, 0.15) is 28.4 Å². The van der Waals surface area contributed by atoms with Crippen molar-refractivity contribution >= 4 is 57.3 Å². The molecule has 0 heterocycles. The molecule has 1 nitrogen and oxygen atoms in total. The van der Waals surface area contributed by atoms with Gasteiger partial charge < -0.3 is 5.11 Å². The van der Waals surface area contributed by atoms with Crippen LogP contribution in [0.5, 0.6) is 0 Å². The van der Waals surface area contributed by atoms with Crippen LogP contribution in [0.2, 0.25) is 0 Å². The average molecular weight is 460 g/mol. The molecule has 0 fully saturated rings. The summed E-state index contributed by atoms with van der Waals surface area (Å²) in [6.07, 6.45) is 3.61. The molecule has 2 aromatic rings. The Morgan fingerprint density at radius 1 is 0.778 bits per heavy atom. The highest BCUT2D eigenvalue weighted by atomic mass is 127. The molecule has 0 bridgehead atoms. The molecule has 0 spiro atoms. The zero-order valence-electron chi connectivity index (χ0n) is 9.40. The lowest BCUT2D eigenvalue weighted by Crippen LogP contribution is -2.03. The van der Waals surface area contributed by atoms with Gasteiger partial charge in [-0.3, -0.25) is 0 Å². The molecule has 0 aromatic heterocycles. The summed E-state index contributed by atoms with van der Waals surface area (Å²) in [6.45, 7) is 0. The first-order valence-corrected chi connectivity index (χ1v) is 7.76. The van der Waals surface area contributed by atoms with Crippen LogP contribution in [0.4, 0.5) is 0 Å². The monoisotopic (exact) mass is 460 g/mol. The topological polar surface area (TPSA) is 20.2 Å². The van der Waals surface area contributed by atoms with Crippen molar-refractivity contribution in [2.75, 3.05) is 0 Å². The van der Waals surface area contributed by atoms with Gasteiger partial charge in [0.2, 0.25) is 0 Å². The molecule has 0 amide bonds. The summed E-state index contributed by atoms with van der Waals surface area (Å²) in [7, 11) is 0. The van der Waals surface area contributed by atoms with Crippen molar-refractivity contribution in [1.82, 2.24) is 0 Å². The summed E-state index contributed by atoms with van der Waals surface area (Å²) >= 11 is 4.56. The normalized spacial score (nSPS) is 13.9. The molecule has 3 rings (SSSR count). The SMILES string of the molecule is OC1c2cc(I)ccc2C=Cc2ccc(I)cc21. The van der Waals surface area contributed by atoms with Gasteiger partial charge in [0, 0.05) is 7.14 Å². The Balaban J connectivity index is 2.25. The van der Waals surface area contributed by atoms with E-state index < -0.39 is 6.10 Å². The molecule has 0 aliphatic heterocycles. The Kier molecular flexibility index (Phi) is 3.46. The van der Waals surface area contributed by atoms with E-state index in [2.05, 4.69) is 93.7 Å². The molecule has 3 heteroatoms. The van der Waals surface area contributed by atoms with E-state index in [1.807, 2.05) is 0 Å². The van der Waals surface area contributed by atoms with Crippen LogP contribution in [-0.2, 0) is 0 Å². The first-order chi connectivity index (χ1) is 8.65. The molecule has 0 saturated carbocycles. The molecule has 2 aromatic carbocycles. The highest BCUT2D eigenvalue weighted by Gasteiger charge is 2.19. The Bertz CT molecular complexity index is 591. The minimum Gasteiger partial charge on any atom is -0.384 e. The molecule has 90 valence electrons. The molecular formula is C15H10I2O. The lowest BCUT2D eigenvalue weighted by Gasteiger charge is -2.15. The molecule has 1 aliphatic rings. The fourth-order valence-electron chi connectivity index (χ4n) is 2.22. The third kappa shape index (κ3) is 2.23. The maximum absolute atomic E-state index is 10.6. The van der Waals surface area contributed by atoms with Crippen LogP contribution in [0, 0.1) is 7.14 Å². The number of aliphatic hydroxyl groups excluding tert-OH is 1. The highest BCUT2D eigenvalue weighted by molar-refractivity contribution is 14.1. The predicted octanol–water partition coefficient (Wildman–Crippen LogP) is 4.46. The summed E-state index contributed by atoms with van der Waals surface area (Å²) in [4.78, 5) is 0. The fourth-order valence-corrected chi connectivity index (χ4v) is 3.25. The quantitative estimate of drug-likeness (QED) is 0.576. The van der Waals surface area contributed by atoms with Crippen LogP contribution >= 0.6 is 45.2 Å². The molecular weight excluding hydrogens is 450 g/mol. The van der Waals surface area contributed by atoms with Crippen LogP contribution < -0.4 is 0 Å². The summed E-state index contributed by atoms with van der Waals surface area (Å²) in [5.74, 6) is 0. The minimum absolute atomic E-state index is 0.547. The van der Waals surface area contributed by atoms with Gasteiger partial charge >= 0.3 is 0 Å². The van der Waals surface area contributed by atoms with Gasteiger partial charge in [-0.25, -0.2) is 0 Å². The lowest BCUT2D eigenvalue weighted by atomic mass is 9.97. The van der Waals surface area contributed by atoms with E-state index in [9.17, 15) is 5.11 Å². The maximum Gasteiger partial charge on any atom is 0.105 e. The Morgan fingerprint density at radius 3 is 1.67 bits per heavy atom. The van der Waals surface area contributed by atoms with Gasteiger partial charge in [0.1, 0.15) is 6.10 Å². The van der Waals surface area contributed by atoms with E-state index in [0.717, 1.165) is 29.4 Å². The van der Waals surface area contributed by atoms with E-state index >= 15 is 0 Å². The van der Waals surface area contributed by atoms with Gasteiger partial charge in [-0.2, -0.15) is 0 Å². The van der Waals surface area contributed by atoms with Crippen LogP contribution in [0.25, 0.3) is 12.2 Å². The van der Waals surface area contributed by atoms with Crippen LogP contribution in [0.3, 0.4) is 0 Å². The Labute approximate surface area is 133 Å². The van der Waals surface area contributed by atoms with E-state index in [4.69, 9.17) is 0 Å². The maximum atomic E-state index is 10.6. The smallest absolute Gasteiger partial charge is 0.105 e. The van der Waals surface area contributed by atoms with Gasteiger partial charge in [0.25, 0.3) is 0 Å². The van der Waals surface area contributed by atoms with Crippen molar-refractivity contribution in [2.45, 2.75) is 6.10 Å². The van der Waals surface area contributed by atoms with Crippen molar-refractivity contribution in [2.24, 2.45) is 0 Å². The molecule has 0 atom stereocenters. The molecule has 0 radical (unpaired) electrons. The van der Waals surface area contributed by atoms with E-state index in [1.165, 1.54) is 0 Å². The first kappa shape index (κ1) is 12.6. The molecule has 18 heavy (non-hydrogen) atoms. The number of hydrogen-bond donors (Lipinski definition) is 1. The molecule has 1 N–H and O–H groups in total. The second kappa shape index (κ2) is 4.94. The lowest BCUT2D eigenvalue weighted by molar-refractivity contribution is 0.220. The number of rotatable bonds is 0. The van der Waals surface area contributed by atoms with Gasteiger partial charge in [0.05, 0.1) is 0 Å². The van der Waals surface area contributed by atoms with Crippen molar-refractivity contribution in [3.8, 4) is 0 Å². The first-order valence-electron chi connectivity index (χ1n) is 5.60. The summed E-state index contributed by atoms with van der Waals surface area (Å²) < 4.78 is 2.29. The predicted molar refractivity (Wildman–Crippen MR) is 91.3 cm³/mol. The van der Waals surface area contributed by atoms with Crippen molar-refractivity contribution < 1.29 is 5.11 Å². The van der Waals surface area contributed by atoms with E-state index in [-0.39, 0.29) is 0 Å². The van der Waals surface area contributed by atoms with Crippen molar-refractivity contribution in [3.05, 3.63) is 65.8 Å². The third-order valence-electron chi connectivity index (χ3n) is 3.13. The van der Waals surface area contributed by atoms with E-state index in [1.54, 1.807) is 0 Å². The average Bonchev–Trinajstić information content (AvgIpc) is 2.49. The van der Waals surface area contributed by atoms with E-state index in [0.29, 0.717) is 0 Å². The third-order valence-corrected chi connectivity index (χ3v) is 4.47. The number of halogens is 2. The van der Waals surface area contributed by atoms with Gasteiger partial charge in [-0.1, -0.05) is 24.3 Å². The number of benzene rings is 2. The van der Waals surface area contributed by atoms with Crippen LogP contribution in [0.15, 0.2) is 36.4 Å². The number of fused-ring (bicyclic) bond motifs is 2. The molecule has 0 saturated heterocycles. The Morgan fingerprint density at radius 2 is 1.22 bits per heavy atom. The summed E-state index contributed by atoms with van der Waals surface area (Å²) in [5.41, 5.74) is 4.15. The largest absolute Gasteiger partial charge is 0.384 e. The Hall–Kier alpha value is -0.400. The van der Waals surface area contributed by atoms with Gasteiger partial charge in [0.15, 0.2) is 0 Å². The second-order valence-corrected chi connectivity index (χ2v) is 6.77.